The van der Waals surface area contributed by atoms with Crippen molar-refractivity contribution in [2.75, 3.05) is 6.54 Å². The largest absolute Gasteiger partial charge is 0.273 e. The predicted molar refractivity (Wildman–Crippen MR) is 50.7 cm³/mol. The van der Waals surface area contributed by atoms with Crippen LogP contribution >= 0.6 is 11.3 Å². The molecule has 1 aromatic heterocycles. The van der Waals surface area contributed by atoms with E-state index in [4.69, 9.17) is 0 Å². The molecule has 0 aliphatic carbocycles. The zero-order valence-corrected chi connectivity index (χ0v) is 7.83. The first kappa shape index (κ1) is 8.37. The van der Waals surface area contributed by atoms with E-state index in [9.17, 15) is 4.79 Å². The first-order valence-electron chi connectivity index (χ1n) is 4.09. The van der Waals surface area contributed by atoms with Crippen molar-refractivity contribution in [2.45, 2.75) is 12.8 Å². The Hall–Kier alpha value is -1.23. The first-order valence-corrected chi connectivity index (χ1v) is 5.03. The molecular weight excluding hydrogens is 186 g/mol. The zero-order valence-electron chi connectivity index (χ0n) is 7.01. The standard InChI is InChI=1S/C8H9N3OS/c12-8-2-1-3-11(8)10-4-7-5-13-6-9-7/h4-6H,1-3H2/b10-4+. The molecule has 0 bridgehead atoms. The van der Waals surface area contributed by atoms with E-state index >= 15 is 0 Å². The van der Waals surface area contributed by atoms with Crippen molar-refractivity contribution < 1.29 is 4.79 Å². The summed E-state index contributed by atoms with van der Waals surface area (Å²) in [6, 6.07) is 0. The number of thiazole rings is 1. The van der Waals surface area contributed by atoms with Crippen LogP contribution in [0, 0.1) is 0 Å². The SMILES string of the molecule is O=C1CCCN1/N=C/c1cscn1. The normalized spacial score (nSPS) is 17.5. The summed E-state index contributed by atoms with van der Waals surface area (Å²) >= 11 is 1.52. The van der Waals surface area contributed by atoms with E-state index < -0.39 is 0 Å². The van der Waals surface area contributed by atoms with Gasteiger partial charge in [0, 0.05) is 18.3 Å². The summed E-state index contributed by atoms with van der Waals surface area (Å²) in [6.07, 6.45) is 3.15. The fraction of sp³-hybridized carbons (Fsp3) is 0.375. The molecular formula is C8H9N3OS. The van der Waals surface area contributed by atoms with E-state index in [1.165, 1.54) is 16.3 Å². The maximum atomic E-state index is 11.1. The molecule has 68 valence electrons. The van der Waals surface area contributed by atoms with Crippen molar-refractivity contribution in [3.8, 4) is 0 Å². The minimum Gasteiger partial charge on any atom is -0.273 e. The summed E-state index contributed by atoms with van der Waals surface area (Å²) in [4.78, 5) is 15.2. The van der Waals surface area contributed by atoms with Crippen molar-refractivity contribution in [3.05, 3.63) is 16.6 Å². The number of aromatic nitrogens is 1. The third-order valence-electron chi connectivity index (χ3n) is 1.83. The quantitative estimate of drug-likeness (QED) is 0.663. The summed E-state index contributed by atoms with van der Waals surface area (Å²) in [7, 11) is 0. The fourth-order valence-corrected chi connectivity index (χ4v) is 1.67. The summed E-state index contributed by atoms with van der Waals surface area (Å²) in [6.45, 7) is 0.736. The van der Waals surface area contributed by atoms with Gasteiger partial charge >= 0.3 is 0 Å². The van der Waals surface area contributed by atoms with Gasteiger partial charge in [0.15, 0.2) is 0 Å². The molecule has 1 saturated heterocycles. The highest BCUT2D eigenvalue weighted by molar-refractivity contribution is 7.07. The summed E-state index contributed by atoms with van der Waals surface area (Å²) in [5.41, 5.74) is 2.55. The van der Waals surface area contributed by atoms with Gasteiger partial charge in [-0.2, -0.15) is 5.10 Å². The molecule has 2 rings (SSSR count). The minimum absolute atomic E-state index is 0.103. The number of hydrazone groups is 1. The van der Waals surface area contributed by atoms with Gasteiger partial charge in [0.2, 0.25) is 5.91 Å². The Morgan fingerprint density at radius 2 is 2.62 bits per heavy atom. The fourth-order valence-electron chi connectivity index (χ4n) is 1.17. The van der Waals surface area contributed by atoms with Crippen LogP contribution in [0.15, 0.2) is 16.0 Å². The second-order valence-corrected chi connectivity index (χ2v) is 3.50. The van der Waals surface area contributed by atoms with E-state index in [1.807, 2.05) is 5.38 Å². The topological polar surface area (TPSA) is 45.6 Å². The lowest BCUT2D eigenvalue weighted by Crippen LogP contribution is -2.17. The highest BCUT2D eigenvalue weighted by Crippen LogP contribution is 2.09. The number of hydrogen-bond donors (Lipinski definition) is 0. The molecule has 0 saturated carbocycles. The smallest absolute Gasteiger partial charge is 0.242 e. The molecule has 1 fully saturated rings. The number of rotatable bonds is 2. The van der Waals surface area contributed by atoms with Crippen LogP contribution in [-0.2, 0) is 4.79 Å². The summed E-state index contributed by atoms with van der Waals surface area (Å²) in [5.74, 6) is 0.103. The van der Waals surface area contributed by atoms with Crippen molar-refractivity contribution in [1.29, 1.82) is 0 Å². The minimum atomic E-state index is 0.103. The molecule has 0 radical (unpaired) electrons. The maximum absolute atomic E-state index is 11.1. The Balaban J connectivity index is 2.01. The third-order valence-corrected chi connectivity index (χ3v) is 2.43. The van der Waals surface area contributed by atoms with Crippen molar-refractivity contribution in [3.63, 3.8) is 0 Å². The number of carbonyl (C=O) groups is 1. The van der Waals surface area contributed by atoms with Crippen molar-refractivity contribution in [2.24, 2.45) is 5.10 Å². The second-order valence-electron chi connectivity index (χ2n) is 2.78. The lowest BCUT2D eigenvalue weighted by molar-refractivity contribution is -0.127. The molecule has 13 heavy (non-hydrogen) atoms. The van der Waals surface area contributed by atoms with Crippen LogP contribution in [0.1, 0.15) is 18.5 Å². The molecule has 0 atom stereocenters. The molecule has 4 nitrogen and oxygen atoms in total. The molecule has 1 aliphatic heterocycles. The van der Waals surface area contributed by atoms with Gasteiger partial charge in [-0.25, -0.2) is 9.99 Å². The van der Waals surface area contributed by atoms with Crippen molar-refractivity contribution >= 4 is 23.5 Å². The Bertz CT molecular complexity index is 320. The lowest BCUT2D eigenvalue weighted by Gasteiger charge is -2.05. The van der Waals surface area contributed by atoms with Crippen LogP contribution < -0.4 is 0 Å². The average Bonchev–Trinajstić information content (AvgIpc) is 2.72. The van der Waals surface area contributed by atoms with Crippen LogP contribution in [-0.4, -0.2) is 28.7 Å². The highest BCUT2D eigenvalue weighted by Gasteiger charge is 2.18. The number of hydrogen-bond acceptors (Lipinski definition) is 4. The van der Waals surface area contributed by atoms with Gasteiger partial charge in [-0.1, -0.05) is 0 Å². The Kier molecular flexibility index (Phi) is 2.35. The number of nitrogens with zero attached hydrogens (tertiary/aromatic N) is 3. The van der Waals surface area contributed by atoms with Crippen LogP contribution in [0.3, 0.4) is 0 Å². The molecule has 1 aromatic rings. The Morgan fingerprint density at radius 3 is 3.23 bits per heavy atom. The van der Waals surface area contributed by atoms with Crippen LogP contribution in [0.2, 0.25) is 0 Å². The molecule has 1 amide bonds. The monoisotopic (exact) mass is 195 g/mol. The van der Waals surface area contributed by atoms with Gasteiger partial charge in [0.1, 0.15) is 0 Å². The zero-order chi connectivity index (χ0) is 9.10. The molecule has 1 aliphatic rings. The summed E-state index contributed by atoms with van der Waals surface area (Å²) in [5, 5.41) is 7.44. The maximum Gasteiger partial charge on any atom is 0.242 e. The van der Waals surface area contributed by atoms with Gasteiger partial charge < -0.3 is 0 Å². The highest BCUT2D eigenvalue weighted by atomic mass is 32.1. The number of amides is 1. The van der Waals surface area contributed by atoms with E-state index in [0.717, 1.165) is 18.7 Å². The van der Waals surface area contributed by atoms with Crippen LogP contribution in [0.25, 0.3) is 0 Å². The molecule has 0 aromatic carbocycles. The third kappa shape index (κ3) is 1.92. The Morgan fingerprint density at radius 1 is 1.69 bits per heavy atom. The van der Waals surface area contributed by atoms with Crippen LogP contribution in [0.4, 0.5) is 0 Å². The summed E-state index contributed by atoms with van der Waals surface area (Å²) < 4.78 is 0. The molecule has 2 heterocycles. The van der Waals surface area contributed by atoms with Gasteiger partial charge in [-0.3, -0.25) is 4.79 Å². The Labute approximate surface area is 79.9 Å². The van der Waals surface area contributed by atoms with Gasteiger partial charge in [0.25, 0.3) is 0 Å². The molecule has 0 spiro atoms. The van der Waals surface area contributed by atoms with Gasteiger partial charge in [-0.05, 0) is 6.42 Å². The van der Waals surface area contributed by atoms with Gasteiger partial charge in [0.05, 0.1) is 17.4 Å². The average molecular weight is 195 g/mol. The number of carbonyl (C=O) groups excluding carboxylic acids is 1. The van der Waals surface area contributed by atoms with Gasteiger partial charge in [-0.15, -0.1) is 11.3 Å². The molecule has 5 heteroatoms. The molecule has 0 unspecified atom stereocenters. The van der Waals surface area contributed by atoms with E-state index in [1.54, 1.807) is 11.7 Å². The molecule has 0 N–H and O–H groups in total. The first-order chi connectivity index (χ1) is 6.36. The van der Waals surface area contributed by atoms with Crippen LogP contribution in [0.5, 0.6) is 0 Å². The van der Waals surface area contributed by atoms with Crippen molar-refractivity contribution in [1.82, 2.24) is 9.99 Å². The van der Waals surface area contributed by atoms with E-state index in [0.29, 0.717) is 6.42 Å². The predicted octanol–water partition coefficient (Wildman–Crippen LogP) is 1.10. The lowest BCUT2D eigenvalue weighted by atomic mass is 10.4. The van der Waals surface area contributed by atoms with E-state index in [2.05, 4.69) is 10.1 Å². The second kappa shape index (κ2) is 3.66. The van der Waals surface area contributed by atoms with E-state index in [-0.39, 0.29) is 5.91 Å².